The van der Waals surface area contributed by atoms with Crippen molar-refractivity contribution in [3.8, 4) is 11.5 Å². The highest BCUT2D eigenvalue weighted by Gasteiger charge is 2.23. The molecule has 5 heterocycles. The first-order valence-electron chi connectivity index (χ1n) is 13.0. The van der Waals surface area contributed by atoms with E-state index in [-0.39, 0.29) is 11.6 Å². The number of aryl methyl sites for hydroxylation is 2. The highest BCUT2D eigenvalue weighted by molar-refractivity contribution is 7.80. The Balaban J connectivity index is 1.39. The van der Waals surface area contributed by atoms with E-state index >= 15 is 0 Å². The van der Waals surface area contributed by atoms with Gasteiger partial charge in [0.1, 0.15) is 12.1 Å². The molecule has 0 aliphatic carbocycles. The van der Waals surface area contributed by atoms with E-state index in [2.05, 4.69) is 30.4 Å². The van der Waals surface area contributed by atoms with E-state index in [1.54, 1.807) is 6.20 Å². The van der Waals surface area contributed by atoms with E-state index in [9.17, 15) is 4.79 Å². The van der Waals surface area contributed by atoms with Gasteiger partial charge in [-0.1, -0.05) is 0 Å². The van der Waals surface area contributed by atoms with Gasteiger partial charge in [0.05, 0.1) is 11.3 Å². The third-order valence-electron chi connectivity index (χ3n) is 6.94. The fraction of sp³-hybridized carbons (Fsp3) is 0.444. The van der Waals surface area contributed by atoms with E-state index < -0.39 is 0 Å². The lowest BCUT2D eigenvalue weighted by Crippen LogP contribution is -2.39. The van der Waals surface area contributed by atoms with E-state index in [4.69, 9.17) is 21.6 Å². The Labute approximate surface area is 222 Å². The first-order chi connectivity index (χ1) is 18.0. The molecule has 0 bridgehead atoms. The Morgan fingerprint density at radius 3 is 2.46 bits per heavy atom. The third kappa shape index (κ3) is 5.74. The summed E-state index contributed by atoms with van der Waals surface area (Å²) in [6.45, 7) is 7.58. The predicted molar refractivity (Wildman–Crippen MR) is 149 cm³/mol. The molecule has 3 aromatic heterocycles. The molecule has 2 N–H and O–H groups in total. The monoisotopic (exact) mass is 519 g/mol. The summed E-state index contributed by atoms with van der Waals surface area (Å²) in [5, 5.41) is 7.11. The average molecular weight is 520 g/mol. The fourth-order valence-corrected chi connectivity index (χ4v) is 5.12. The van der Waals surface area contributed by atoms with Gasteiger partial charge < -0.3 is 24.9 Å². The minimum absolute atomic E-state index is 0.203. The van der Waals surface area contributed by atoms with Crippen molar-refractivity contribution >= 4 is 40.6 Å². The quantitative estimate of drug-likeness (QED) is 0.442. The van der Waals surface area contributed by atoms with Gasteiger partial charge in [0.25, 0.3) is 5.91 Å². The number of rotatable bonds is 5. The van der Waals surface area contributed by atoms with Gasteiger partial charge in [-0.25, -0.2) is 9.97 Å². The molecule has 37 heavy (non-hydrogen) atoms. The van der Waals surface area contributed by atoms with E-state index in [0.29, 0.717) is 16.7 Å². The number of hydrogen-bond acceptors (Lipinski definition) is 7. The van der Waals surface area contributed by atoms with Crippen molar-refractivity contribution in [2.24, 2.45) is 0 Å². The molecule has 2 fully saturated rings. The number of aromatic nitrogens is 3. The number of nitrogens with zero attached hydrogens (tertiary/aromatic N) is 5. The summed E-state index contributed by atoms with van der Waals surface area (Å²) >= 11 is 5.70. The van der Waals surface area contributed by atoms with Crippen molar-refractivity contribution in [2.75, 3.05) is 41.7 Å². The second-order valence-corrected chi connectivity index (χ2v) is 10.1. The van der Waals surface area contributed by atoms with Crippen LogP contribution >= 0.6 is 12.2 Å². The highest BCUT2D eigenvalue weighted by Crippen LogP contribution is 2.32. The summed E-state index contributed by atoms with van der Waals surface area (Å²) in [6.07, 6.45) is 10.0. The molecule has 0 aromatic carbocycles. The van der Waals surface area contributed by atoms with Gasteiger partial charge >= 0.3 is 0 Å². The lowest BCUT2D eigenvalue weighted by atomic mass is 10.1. The zero-order valence-corrected chi connectivity index (χ0v) is 22.2. The molecule has 1 amide bonds. The molecule has 2 aliphatic heterocycles. The maximum Gasteiger partial charge on any atom is 0.277 e. The largest absolute Gasteiger partial charge is 0.444 e. The number of likely N-dealkylation sites (tertiary alicyclic amines) is 1. The number of pyridine rings is 2. The van der Waals surface area contributed by atoms with Crippen molar-refractivity contribution in [1.29, 1.82) is 0 Å². The summed E-state index contributed by atoms with van der Waals surface area (Å²) in [7, 11) is 0. The minimum Gasteiger partial charge on any atom is -0.444 e. The molecule has 0 radical (unpaired) electrons. The number of hydrogen-bond donors (Lipinski definition) is 2. The van der Waals surface area contributed by atoms with E-state index in [1.807, 2.05) is 32.0 Å². The van der Waals surface area contributed by atoms with E-state index in [0.717, 1.165) is 80.3 Å². The van der Waals surface area contributed by atoms with Gasteiger partial charge in [0.15, 0.2) is 16.6 Å². The van der Waals surface area contributed by atoms with Crippen molar-refractivity contribution < 1.29 is 9.21 Å². The Morgan fingerprint density at radius 1 is 1.00 bits per heavy atom. The number of oxazole rings is 1. The second kappa shape index (κ2) is 11.2. The first kappa shape index (κ1) is 25.1. The Kier molecular flexibility index (Phi) is 7.64. The topological polar surface area (TPSA) is 99.4 Å². The number of carbonyl (C=O) groups excluding carboxylic acids is 1. The molecule has 2 aliphatic rings. The summed E-state index contributed by atoms with van der Waals surface area (Å²) in [5.74, 6) is 1.49. The van der Waals surface area contributed by atoms with Crippen LogP contribution in [-0.2, 0) is 0 Å². The highest BCUT2D eigenvalue weighted by atomic mass is 32.1. The molecule has 10 heteroatoms. The number of thiocarbonyl (C=S) groups is 1. The maximum absolute atomic E-state index is 13.2. The van der Waals surface area contributed by atoms with Crippen molar-refractivity contribution in [2.45, 2.75) is 52.4 Å². The predicted octanol–water partition coefficient (Wildman–Crippen LogP) is 5.17. The molecule has 0 saturated carbocycles. The van der Waals surface area contributed by atoms with Crippen LogP contribution in [0, 0.1) is 13.8 Å². The number of carbonyl (C=O) groups is 1. The standard InChI is InChI=1S/C27H33N7O2S/c1-18-16-21(29-25(35)22-17-36-26(30-22)20-10-9-11-28-19(20)2)24(33-12-5-3-6-13-33)31-23(18)32-27(37)34-14-7-4-8-15-34/h9-11,16-17H,3-8,12-15H2,1-2H3,(H,29,35)(H,31,32,37). The number of nitrogens with one attached hydrogen (secondary N) is 2. The van der Waals surface area contributed by atoms with Crippen molar-refractivity contribution in [3.05, 3.63) is 47.6 Å². The van der Waals surface area contributed by atoms with Gasteiger partial charge in [-0.15, -0.1) is 0 Å². The van der Waals surface area contributed by atoms with Gasteiger partial charge in [-0.2, -0.15) is 0 Å². The van der Waals surface area contributed by atoms with Gasteiger partial charge in [-0.05, 0) is 88.4 Å². The van der Waals surface area contributed by atoms with Crippen LogP contribution in [0.5, 0.6) is 0 Å². The summed E-state index contributed by atoms with van der Waals surface area (Å²) in [5.41, 5.74) is 3.31. The molecule has 194 valence electrons. The Hall–Kier alpha value is -3.53. The molecule has 0 atom stereocenters. The fourth-order valence-electron chi connectivity index (χ4n) is 4.84. The summed E-state index contributed by atoms with van der Waals surface area (Å²) < 4.78 is 5.61. The molecular formula is C27H33N7O2S. The van der Waals surface area contributed by atoms with Crippen LogP contribution in [0.25, 0.3) is 11.5 Å². The molecule has 3 aromatic rings. The van der Waals surface area contributed by atoms with Crippen molar-refractivity contribution in [1.82, 2.24) is 19.9 Å². The number of amides is 1. The molecule has 5 rings (SSSR count). The van der Waals surface area contributed by atoms with Crippen LogP contribution < -0.4 is 15.5 Å². The van der Waals surface area contributed by atoms with Crippen LogP contribution in [0.4, 0.5) is 17.3 Å². The first-order valence-corrected chi connectivity index (χ1v) is 13.4. The van der Waals surface area contributed by atoms with Crippen LogP contribution in [0.1, 0.15) is 60.3 Å². The Morgan fingerprint density at radius 2 is 1.73 bits per heavy atom. The minimum atomic E-state index is -0.347. The number of anilines is 3. The third-order valence-corrected chi connectivity index (χ3v) is 7.30. The lowest BCUT2D eigenvalue weighted by molar-refractivity contribution is 0.102. The normalized spacial score (nSPS) is 15.9. The van der Waals surface area contributed by atoms with Crippen molar-refractivity contribution in [3.63, 3.8) is 0 Å². The summed E-state index contributed by atoms with van der Waals surface area (Å²) in [4.78, 5) is 31.3. The molecule has 0 unspecified atom stereocenters. The molecule has 0 spiro atoms. The number of piperidine rings is 2. The second-order valence-electron chi connectivity index (χ2n) is 9.68. The maximum atomic E-state index is 13.2. The molecule has 9 nitrogen and oxygen atoms in total. The van der Waals surface area contributed by atoms with Gasteiger partial charge in [0, 0.05) is 38.1 Å². The smallest absolute Gasteiger partial charge is 0.277 e. The SMILES string of the molecule is Cc1cc(NC(=O)c2coc(-c3cccnc3C)n2)c(N2CCCCC2)nc1NC(=S)N1CCCCC1. The molecule has 2 saturated heterocycles. The average Bonchev–Trinajstić information content (AvgIpc) is 3.42. The summed E-state index contributed by atoms with van der Waals surface area (Å²) in [6, 6.07) is 5.65. The molecular weight excluding hydrogens is 486 g/mol. The van der Waals surface area contributed by atoms with Gasteiger partial charge in [0.2, 0.25) is 5.89 Å². The lowest BCUT2D eigenvalue weighted by Gasteiger charge is -2.31. The Bertz CT molecular complexity index is 1280. The van der Waals surface area contributed by atoms with Crippen LogP contribution in [0.3, 0.4) is 0 Å². The van der Waals surface area contributed by atoms with E-state index in [1.165, 1.54) is 19.1 Å². The van der Waals surface area contributed by atoms with Crippen LogP contribution in [-0.4, -0.2) is 57.1 Å². The zero-order valence-electron chi connectivity index (χ0n) is 21.4. The zero-order chi connectivity index (χ0) is 25.8. The van der Waals surface area contributed by atoms with Crippen LogP contribution in [0.15, 0.2) is 35.1 Å². The van der Waals surface area contributed by atoms with Gasteiger partial charge in [-0.3, -0.25) is 9.78 Å². The van der Waals surface area contributed by atoms with Crippen LogP contribution in [0.2, 0.25) is 0 Å².